The van der Waals surface area contributed by atoms with Gasteiger partial charge in [-0.2, -0.15) is 4.98 Å². The van der Waals surface area contributed by atoms with Crippen molar-refractivity contribution in [2.24, 2.45) is 5.73 Å². The van der Waals surface area contributed by atoms with Gasteiger partial charge < -0.3 is 21.8 Å². The number of nitrogens with one attached hydrogen (secondary N) is 2. The Balaban J connectivity index is 1.61. The van der Waals surface area contributed by atoms with Crippen LogP contribution >= 0.6 is 0 Å². The maximum Gasteiger partial charge on any atom is 0.222 e. The molecule has 20 heavy (non-hydrogen) atoms. The second kappa shape index (κ2) is 5.46. The van der Waals surface area contributed by atoms with Gasteiger partial charge in [0.1, 0.15) is 5.82 Å². The fourth-order valence-electron chi connectivity index (χ4n) is 2.44. The summed E-state index contributed by atoms with van der Waals surface area (Å²) in [4.78, 5) is 15.6. The van der Waals surface area contributed by atoms with Crippen molar-refractivity contribution in [2.75, 3.05) is 17.6 Å². The van der Waals surface area contributed by atoms with E-state index < -0.39 is 0 Å². The Kier molecular flexibility index (Phi) is 3.51. The highest BCUT2D eigenvalue weighted by molar-refractivity contribution is 5.42. The molecule has 0 spiro atoms. The number of H-pyrrole nitrogens is 1. The van der Waals surface area contributed by atoms with Gasteiger partial charge in [0.05, 0.1) is 12.0 Å². The van der Waals surface area contributed by atoms with Crippen LogP contribution in [0.2, 0.25) is 0 Å². The Bertz CT molecular complexity index is 560. The van der Waals surface area contributed by atoms with Crippen molar-refractivity contribution in [2.45, 2.75) is 31.2 Å². The van der Waals surface area contributed by atoms with E-state index in [9.17, 15) is 0 Å². The molecule has 0 amide bonds. The molecular weight excluding hydrogens is 254 g/mol. The van der Waals surface area contributed by atoms with Crippen molar-refractivity contribution in [1.82, 2.24) is 19.9 Å². The average Bonchev–Trinajstić information content (AvgIpc) is 2.87. The summed E-state index contributed by atoms with van der Waals surface area (Å²) in [5.41, 5.74) is 13.7. The van der Waals surface area contributed by atoms with Crippen LogP contribution in [-0.2, 0) is 6.42 Å². The van der Waals surface area contributed by atoms with Gasteiger partial charge in [0.25, 0.3) is 0 Å². The minimum absolute atomic E-state index is 0.299. The number of hydrogen-bond acceptors (Lipinski definition) is 6. The maximum atomic E-state index is 5.82. The third kappa shape index (κ3) is 2.88. The molecule has 1 aliphatic carbocycles. The van der Waals surface area contributed by atoms with Crippen LogP contribution in [0.3, 0.4) is 0 Å². The van der Waals surface area contributed by atoms with Crippen LogP contribution in [0.1, 0.15) is 30.1 Å². The molecule has 1 fully saturated rings. The third-order valence-corrected chi connectivity index (χ3v) is 3.61. The fraction of sp³-hybridized carbons (Fsp3) is 0.462. The molecule has 0 aliphatic heterocycles. The highest BCUT2D eigenvalue weighted by Crippen LogP contribution is 2.35. The lowest BCUT2D eigenvalue weighted by molar-refractivity contribution is 0.345. The summed E-state index contributed by atoms with van der Waals surface area (Å²) in [6.45, 7) is 0.766. The number of aromatic amines is 1. The van der Waals surface area contributed by atoms with E-state index in [0.717, 1.165) is 43.0 Å². The minimum atomic E-state index is 0.299. The summed E-state index contributed by atoms with van der Waals surface area (Å²) in [6.07, 6.45) is 6.30. The Labute approximate surface area is 117 Å². The lowest BCUT2D eigenvalue weighted by Gasteiger charge is -2.32. The predicted octanol–water partition coefficient (Wildman–Crippen LogP) is 0.641. The normalized spacial score (nSPS) is 21.4. The van der Waals surface area contributed by atoms with Gasteiger partial charge in [0, 0.05) is 42.9 Å². The second-order valence-electron chi connectivity index (χ2n) is 5.22. The van der Waals surface area contributed by atoms with Crippen molar-refractivity contribution in [3.8, 4) is 0 Å². The van der Waals surface area contributed by atoms with E-state index in [2.05, 4.69) is 25.3 Å². The van der Waals surface area contributed by atoms with Gasteiger partial charge in [-0.1, -0.05) is 0 Å². The topological polar surface area (TPSA) is 119 Å². The molecule has 6 N–H and O–H groups in total. The third-order valence-electron chi connectivity index (χ3n) is 3.61. The zero-order chi connectivity index (χ0) is 13.9. The number of nitrogens with two attached hydrogens (primary N) is 2. The molecule has 2 aromatic rings. The molecule has 7 nitrogen and oxygen atoms in total. The van der Waals surface area contributed by atoms with Gasteiger partial charge in [0.15, 0.2) is 0 Å². The number of nitrogen functional groups attached to an aromatic ring is 1. The first kappa shape index (κ1) is 12.9. The standard InChI is InChI=1S/C13H19N7/c14-9-3-8(4-9)11-5-12(20-13(15)19-11)17-2-1-10-6-16-7-18-10/h5-9H,1-4,14H2,(H,16,18)(H3,15,17,19,20). The first-order chi connectivity index (χ1) is 9.70. The van der Waals surface area contributed by atoms with Crippen LogP contribution < -0.4 is 16.8 Å². The highest BCUT2D eigenvalue weighted by atomic mass is 15.1. The summed E-state index contributed by atoms with van der Waals surface area (Å²) in [5.74, 6) is 1.50. The number of nitrogens with zero attached hydrogens (tertiary/aromatic N) is 3. The van der Waals surface area contributed by atoms with Crippen LogP contribution in [0.4, 0.5) is 11.8 Å². The Morgan fingerprint density at radius 2 is 2.20 bits per heavy atom. The molecule has 1 aliphatic rings. The van der Waals surface area contributed by atoms with E-state index in [0.29, 0.717) is 17.9 Å². The largest absolute Gasteiger partial charge is 0.370 e. The zero-order valence-electron chi connectivity index (χ0n) is 11.2. The molecule has 106 valence electrons. The van der Waals surface area contributed by atoms with E-state index in [4.69, 9.17) is 11.5 Å². The van der Waals surface area contributed by atoms with Gasteiger partial charge in [-0.3, -0.25) is 0 Å². The Morgan fingerprint density at radius 1 is 1.35 bits per heavy atom. The van der Waals surface area contributed by atoms with Crippen molar-refractivity contribution in [3.63, 3.8) is 0 Å². The van der Waals surface area contributed by atoms with Crippen LogP contribution in [-0.4, -0.2) is 32.5 Å². The molecule has 0 unspecified atom stereocenters. The predicted molar refractivity (Wildman–Crippen MR) is 77.2 cm³/mol. The quantitative estimate of drug-likeness (QED) is 0.635. The summed E-state index contributed by atoms with van der Waals surface area (Å²) >= 11 is 0. The van der Waals surface area contributed by atoms with Crippen molar-refractivity contribution < 1.29 is 0 Å². The highest BCUT2D eigenvalue weighted by Gasteiger charge is 2.29. The summed E-state index contributed by atoms with van der Waals surface area (Å²) < 4.78 is 0. The van der Waals surface area contributed by atoms with E-state index in [-0.39, 0.29) is 0 Å². The van der Waals surface area contributed by atoms with E-state index in [1.165, 1.54) is 0 Å². The Hall–Kier alpha value is -2.15. The summed E-state index contributed by atoms with van der Waals surface area (Å²) in [5, 5.41) is 3.27. The van der Waals surface area contributed by atoms with Crippen LogP contribution in [0, 0.1) is 0 Å². The first-order valence-electron chi connectivity index (χ1n) is 6.82. The first-order valence-corrected chi connectivity index (χ1v) is 6.82. The molecule has 3 rings (SSSR count). The van der Waals surface area contributed by atoms with Gasteiger partial charge in [-0.05, 0) is 12.8 Å². The van der Waals surface area contributed by atoms with Crippen molar-refractivity contribution >= 4 is 11.8 Å². The smallest absolute Gasteiger partial charge is 0.222 e. The van der Waals surface area contributed by atoms with Crippen LogP contribution in [0.25, 0.3) is 0 Å². The van der Waals surface area contributed by atoms with Crippen molar-refractivity contribution in [1.29, 1.82) is 0 Å². The van der Waals surface area contributed by atoms with Gasteiger partial charge in [-0.15, -0.1) is 0 Å². The molecule has 0 radical (unpaired) electrons. The molecule has 0 atom stereocenters. The molecule has 7 heteroatoms. The fourth-order valence-corrected chi connectivity index (χ4v) is 2.44. The lowest BCUT2D eigenvalue weighted by Crippen LogP contribution is -2.35. The Morgan fingerprint density at radius 3 is 2.90 bits per heavy atom. The molecule has 0 aromatic carbocycles. The van der Waals surface area contributed by atoms with E-state index >= 15 is 0 Å². The van der Waals surface area contributed by atoms with Gasteiger partial charge in [-0.25, -0.2) is 9.97 Å². The number of rotatable bonds is 5. The average molecular weight is 273 g/mol. The number of imidazole rings is 1. The number of hydrogen-bond donors (Lipinski definition) is 4. The molecule has 0 bridgehead atoms. The lowest BCUT2D eigenvalue weighted by atomic mass is 9.78. The molecule has 2 aromatic heterocycles. The van der Waals surface area contributed by atoms with E-state index in [1.807, 2.05) is 12.3 Å². The minimum Gasteiger partial charge on any atom is -0.370 e. The zero-order valence-corrected chi connectivity index (χ0v) is 11.2. The van der Waals surface area contributed by atoms with E-state index in [1.54, 1.807) is 6.33 Å². The number of anilines is 2. The molecular formula is C13H19N7. The van der Waals surface area contributed by atoms with Crippen molar-refractivity contribution in [3.05, 3.63) is 30.0 Å². The van der Waals surface area contributed by atoms with Crippen LogP contribution in [0.5, 0.6) is 0 Å². The second-order valence-corrected chi connectivity index (χ2v) is 5.22. The molecule has 0 saturated heterocycles. The maximum absolute atomic E-state index is 5.82. The molecule has 1 saturated carbocycles. The monoisotopic (exact) mass is 273 g/mol. The number of aromatic nitrogens is 4. The summed E-state index contributed by atoms with van der Waals surface area (Å²) in [7, 11) is 0. The van der Waals surface area contributed by atoms with Crippen LogP contribution in [0.15, 0.2) is 18.6 Å². The van der Waals surface area contributed by atoms with Gasteiger partial charge >= 0.3 is 0 Å². The molecule has 2 heterocycles. The van der Waals surface area contributed by atoms with Gasteiger partial charge in [0.2, 0.25) is 5.95 Å². The SMILES string of the molecule is Nc1nc(NCCc2cnc[nH]2)cc(C2CC(N)C2)n1. The summed E-state index contributed by atoms with van der Waals surface area (Å²) in [6, 6.07) is 2.27.